The van der Waals surface area contributed by atoms with Gasteiger partial charge in [-0.25, -0.2) is 4.39 Å². The zero-order chi connectivity index (χ0) is 27.6. The van der Waals surface area contributed by atoms with Crippen molar-refractivity contribution in [3.63, 3.8) is 0 Å². The highest BCUT2D eigenvalue weighted by Gasteiger charge is 2.37. The topological polar surface area (TPSA) is 42.8 Å². The van der Waals surface area contributed by atoms with E-state index in [1.165, 1.54) is 28.4 Å². The second-order valence-corrected chi connectivity index (χ2v) is 11.2. The first-order valence-electron chi connectivity index (χ1n) is 13.4. The molecule has 1 N–H and O–H groups in total. The minimum atomic E-state index is -0.300. The Balaban J connectivity index is 1.17. The third-order valence-electron chi connectivity index (χ3n) is 7.71. The lowest BCUT2D eigenvalue weighted by Gasteiger charge is -2.37. The van der Waals surface area contributed by atoms with Gasteiger partial charge in [0.05, 0.1) is 23.3 Å². The van der Waals surface area contributed by atoms with E-state index in [1.807, 2.05) is 12.1 Å². The molecule has 202 valence electrons. The number of nitrogens with one attached hydrogen (secondary N) is 1. The zero-order valence-electron chi connectivity index (χ0n) is 22.4. The largest absolute Gasteiger partial charge is 0.493 e. The molecule has 4 aromatic rings. The lowest BCUT2D eigenvalue weighted by molar-refractivity contribution is 0.278. The van der Waals surface area contributed by atoms with Crippen LogP contribution in [0.4, 0.5) is 15.8 Å². The van der Waals surface area contributed by atoms with Crippen molar-refractivity contribution < 1.29 is 13.9 Å². The van der Waals surface area contributed by atoms with E-state index >= 15 is 0 Å². The van der Waals surface area contributed by atoms with Crippen LogP contribution in [0.2, 0.25) is 0 Å². The molecule has 0 amide bonds. The highest BCUT2D eigenvalue weighted by Crippen LogP contribution is 2.50. The molecule has 1 heterocycles. The fourth-order valence-electron chi connectivity index (χ4n) is 5.68. The van der Waals surface area contributed by atoms with E-state index in [-0.39, 0.29) is 18.5 Å². The lowest BCUT2D eigenvalue weighted by Crippen LogP contribution is -2.29. The van der Waals surface area contributed by atoms with Crippen molar-refractivity contribution in [2.75, 3.05) is 12.4 Å². The predicted molar refractivity (Wildman–Crippen MR) is 163 cm³/mol. The Morgan fingerprint density at radius 1 is 1.05 bits per heavy atom. The molecule has 4 aromatic carbocycles. The summed E-state index contributed by atoms with van der Waals surface area (Å²) in [6.07, 6.45) is 7.57. The molecule has 0 fully saturated rings. The van der Waals surface area contributed by atoms with Gasteiger partial charge in [0.15, 0.2) is 11.5 Å². The summed E-state index contributed by atoms with van der Waals surface area (Å²) in [5.41, 5.74) is 7.40. The molecule has 0 spiro atoms. The molecular formula is C34H30BrFN2O2. The molecule has 3 atom stereocenters. The maximum absolute atomic E-state index is 14.0. The third-order valence-corrected chi connectivity index (χ3v) is 8.30. The van der Waals surface area contributed by atoms with Crippen LogP contribution < -0.4 is 14.8 Å². The van der Waals surface area contributed by atoms with E-state index in [0.29, 0.717) is 33.4 Å². The first-order valence-corrected chi connectivity index (χ1v) is 14.2. The van der Waals surface area contributed by atoms with Gasteiger partial charge >= 0.3 is 0 Å². The molecule has 2 aliphatic rings. The quantitative estimate of drug-likeness (QED) is 0.171. The number of ether oxygens (including phenoxy) is 2. The van der Waals surface area contributed by atoms with Crippen LogP contribution in [0.25, 0.3) is 0 Å². The Morgan fingerprint density at radius 3 is 2.67 bits per heavy atom. The van der Waals surface area contributed by atoms with Gasteiger partial charge in [0.2, 0.25) is 0 Å². The number of benzene rings is 4. The number of rotatable bonds is 7. The predicted octanol–water partition coefficient (Wildman–Crippen LogP) is 9.06. The van der Waals surface area contributed by atoms with Gasteiger partial charge < -0.3 is 14.8 Å². The number of hydrogen-bond acceptors (Lipinski definition) is 4. The highest BCUT2D eigenvalue weighted by atomic mass is 79.9. The van der Waals surface area contributed by atoms with E-state index in [9.17, 15) is 4.39 Å². The van der Waals surface area contributed by atoms with Crippen LogP contribution in [0, 0.1) is 18.7 Å². The van der Waals surface area contributed by atoms with E-state index in [1.54, 1.807) is 31.5 Å². The Bertz CT molecular complexity index is 1600. The van der Waals surface area contributed by atoms with Gasteiger partial charge in [-0.2, -0.15) is 0 Å². The summed E-state index contributed by atoms with van der Waals surface area (Å²) in [6, 6.07) is 25.8. The molecule has 0 unspecified atom stereocenters. The summed E-state index contributed by atoms with van der Waals surface area (Å²) in [7, 11) is 1.58. The van der Waals surface area contributed by atoms with Crippen LogP contribution in [0.5, 0.6) is 11.5 Å². The number of nitrogens with zero attached hydrogens (tertiary/aromatic N) is 1. The molecular weight excluding hydrogens is 567 g/mol. The average molecular weight is 598 g/mol. The van der Waals surface area contributed by atoms with Crippen molar-refractivity contribution in [2.45, 2.75) is 31.9 Å². The minimum absolute atomic E-state index is 0.0974. The van der Waals surface area contributed by atoms with E-state index in [0.717, 1.165) is 17.7 Å². The van der Waals surface area contributed by atoms with E-state index in [4.69, 9.17) is 14.5 Å². The summed E-state index contributed by atoms with van der Waals surface area (Å²) in [5.74, 6) is 1.72. The molecule has 1 aliphatic heterocycles. The Labute approximate surface area is 242 Å². The van der Waals surface area contributed by atoms with Crippen molar-refractivity contribution in [3.05, 3.63) is 129 Å². The number of aliphatic imine (C=N–C) groups is 1. The maximum Gasteiger partial charge on any atom is 0.175 e. The van der Waals surface area contributed by atoms with Crippen LogP contribution in [0.15, 0.2) is 100 Å². The van der Waals surface area contributed by atoms with Crippen molar-refractivity contribution in [1.29, 1.82) is 0 Å². The monoisotopic (exact) mass is 596 g/mol. The number of anilines is 1. The standard InChI is InChI=1S/C34H30BrFN2O2/c1-21-10-15-31-28(16-21)26-7-5-8-27(26)33(38-31)23-11-13-25(14-12-23)37-19-22-17-29(35)34(32(18-22)39-2)40-20-24-6-3-4-9-30(24)36/h3-7,9-19,26-27,33,38H,8,20H2,1-2H3/t26-,27-,33+/m1/s1. The van der Waals surface area contributed by atoms with Crippen LogP contribution in [0.1, 0.15) is 46.2 Å². The third kappa shape index (κ3) is 5.28. The SMILES string of the molecule is COc1cc(C=Nc2ccc([C@@H]3Nc4ccc(C)cc4[C@@H]4C=CC[C@H]43)cc2)cc(Br)c1OCc1ccccc1F. The molecule has 1 aliphatic carbocycles. The van der Waals surface area contributed by atoms with Crippen LogP contribution in [-0.2, 0) is 6.61 Å². The number of methoxy groups -OCH3 is 1. The van der Waals surface area contributed by atoms with Crippen LogP contribution in [-0.4, -0.2) is 13.3 Å². The van der Waals surface area contributed by atoms with Crippen molar-refractivity contribution in [1.82, 2.24) is 0 Å². The normalized spacial score (nSPS) is 19.2. The van der Waals surface area contributed by atoms with Crippen molar-refractivity contribution in [2.24, 2.45) is 10.9 Å². The fraction of sp³-hybridized carbons (Fsp3) is 0.206. The summed E-state index contributed by atoms with van der Waals surface area (Å²) in [4.78, 5) is 4.70. The van der Waals surface area contributed by atoms with Gasteiger partial charge in [-0.15, -0.1) is 0 Å². The number of allylic oxidation sites excluding steroid dienone is 2. The average Bonchev–Trinajstić information content (AvgIpc) is 3.47. The van der Waals surface area contributed by atoms with E-state index in [2.05, 4.69) is 82.8 Å². The number of halogens is 2. The summed E-state index contributed by atoms with van der Waals surface area (Å²) < 4.78 is 26.2. The first kappa shape index (κ1) is 26.3. The Hall–Kier alpha value is -3.90. The number of aryl methyl sites for hydroxylation is 1. The molecule has 0 saturated carbocycles. The Kier molecular flexibility index (Phi) is 7.44. The highest BCUT2D eigenvalue weighted by molar-refractivity contribution is 9.10. The molecule has 40 heavy (non-hydrogen) atoms. The van der Waals surface area contributed by atoms with Crippen LogP contribution >= 0.6 is 15.9 Å². The number of hydrogen-bond donors (Lipinski definition) is 1. The van der Waals surface area contributed by atoms with Gasteiger partial charge in [-0.3, -0.25) is 4.99 Å². The first-order chi connectivity index (χ1) is 19.5. The fourth-order valence-corrected chi connectivity index (χ4v) is 6.25. The molecule has 0 bridgehead atoms. The Morgan fingerprint density at radius 2 is 1.88 bits per heavy atom. The molecule has 4 nitrogen and oxygen atoms in total. The van der Waals surface area contributed by atoms with Gasteiger partial charge in [0, 0.05) is 23.4 Å². The van der Waals surface area contributed by atoms with Crippen LogP contribution in [0.3, 0.4) is 0 Å². The summed E-state index contributed by atoms with van der Waals surface area (Å²) in [5, 5.41) is 3.81. The van der Waals surface area contributed by atoms with Crippen molar-refractivity contribution in [3.8, 4) is 11.5 Å². The molecule has 0 saturated heterocycles. The molecule has 6 rings (SSSR count). The van der Waals surface area contributed by atoms with Gasteiger partial charge in [-0.05, 0) is 88.3 Å². The smallest absolute Gasteiger partial charge is 0.175 e. The maximum atomic E-state index is 14.0. The minimum Gasteiger partial charge on any atom is -0.493 e. The van der Waals surface area contributed by atoms with E-state index < -0.39 is 0 Å². The summed E-state index contributed by atoms with van der Waals surface area (Å²) >= 11 is 3.58. The molecule has 6 heteroatoms. The van der Waals surface area contributed by atoms with Crippen molar-refractivity contribution >= 4 is 33.5 Å². The zero-order valence-corrected chi connectivity index (χ0v) is 24.0. The second kappa shape index (κ2) is 11.3. The summed E-state index contributed by atoms with van der Waals surface area (Å²) in [6.45, 7) is 2.25. The second-order valence-electron chi connectivity index (χ2n) is 10.3. The molecule has 0 aromatic heterocycles. The molecule has 0 radical (unpaired) electrons. The van der Waals surface area contributed by atoms with Gasteiger partial charge in [0.25, 0.3) is 0 Å². The van der Waals surface area contributed by atoms with Gasteiger partial charge in [0.1, 0.15) is 12.4 Å². The number of fused-ring (bicyclic) bond motifs is 3. The lowest BCUT2D eigenvalue weighted by atomic mass is 9.76. The van der Waals surface area contributed by atoms with Gasteiger partial charge in [-0.1, -0.05) is 60.2 Å².